The summed E-state index contributed by atoms with van der Waals surface area (Å²) in [5.74, 6) is -2.35. The van der Waals surface area contributed by atoms with Crippen LogP contribution in [0.3, 0.4) is 0 Å². The molecule has 6 nitrogen and oxygen atoms in total. The van der Waals surface area contributed by atoms with Crippen molar-refractivity contribution in [2.24, 2.45) is 5.92 Å². The van der Waals surface area contributed by atoms with Crippen molar-refractivity contribution in [1.82, 2.24) is 10.6 Å². The summed E-state index contributed by atoms with van der Waals surface area (Å²) in [5, 5.41) is 14.8. The Balaban J connectivity index is 1.85. The average Bonchev–Trinajstić information content (AvgIpc) is 2.96. The van der Waals surface area contributed by atoms with Crippen LogP contribution in [0.15, 0.2) is 18.2 Å². The highest BCUT2D eigenvalue weighted by molar-refractivity contribution is 6.42. The van der Waals surface area contributed by atoms with Crippen LogP contribution in [-0.4, -0.2) is 35.5 Å². The van der Waals surface area contributed by atoms with E-state index in [2.05, 4.69) is 10.6 Å². The molecule has 2 atom stereocenters. The number of carbonyl (C=O) groups excluding carboxylic acids is 2. The molecule has 3 N–H and O–H groups in total. The Labute approximate surface area is 143 Å². The van der Waals surface area contributed by atoms with E-state index in [0.717, 1.165) is 6.42 Å². The lowest BCUT2D eigenvalue weighted by Crippen LogP contribution is -2.44. The third-order valence-electron chi connectivity index (χ3n) is 3.77. The van der Waals surface area contributed by atoms with Crippen molar-refractivity contribution in [2.45, 2.75) is 25.3 Å². The van der Waals surface area contributed by atoms with E-state index in [4.69, 9.17) is 28.3 Å². The van der Waals surface area contributed by atoms with Crippen LogP contribution in [0.25, 0.3) is 0 Å². The van der Waals surface area contributed by atoms with Gasteiger partial charge in [0.15, 0.2) is 0 Å². The van der Waals surface area contributed by atoms with E-state index in [1.165, 1.54) is 18.2 Å². The molecule has 0 heterocycles. The van der Waals surface area contributed by atoms with Gasteiger partial charge >= 0.3 is 5.97 Å². The normalized spacial score (nSPS) is 20.1. The molecular formula is C15H16Cl2N2O4. The molecule has 1 aromatic carbocycles. The highest BCUT2D eigenvalue weighted by Crippen LogP contribution is 2.25. The zero-order valence-corrected chi connectivity index (χ0v) is 13.7. The molecule has 0 aromatic heterocycles. The second-order valence-corrected chi connectivity index (χ2v) is 6.18. The number of carboxylic acid groups (broad SMARTS) is 1. The molecule has 2 amide bonds. The molecule has 1 saturated carbocycles. The first-order valence-corrected chi connectivity index (χ1v) is 7.89. The molecule has 0 bridgehead atoms. The lowest BCUT2D eigenvalue weighted by Gasteiger charge is -2.17. The number of aliphatic carboxylic acids is 1. The molecule has 0 saturated heterocycles. The minimum absolute atomic E-state index is 0.234. The lowest BCUT2D eigenvalue weighted by atomic mass is 10.0. The van der Waals surface area contributed by atoms with E-state index in [-0.39, 0.29) is 23.2 Å². The van der Waals surface area contributed by atoms with Crippen molar-refractivity contribution in [2.75, 3.05) is 6.54 Å². The van der Waals surface area contributed by atoms with Gasteiger partial charge in [-0.3, -0.25) is 14.4 Å². The zero-order valence-electron chi connectivity index (χ0n) is 12.1. The maximum atomic E-state index is 11.9. The fraction of sp³-hybridized carbons (Fsp3) is 0.400. The topological polar surface area (TPSA) is 95.5 Å². The Morgan fingerprint density at radius 2 is 1.91 bits per heavy atom. The monoisotopic (exact) mass is 358 g/mol. The van der Waals surface area contributed by atoms with Gasteiger partial charge in [-0.05, 0) is 31.0 Å². The Hall–Kier alpha value is -1.79. The fourth-order valence-corrected chi connectivity index (χ4v) is 2.88. The van der Waals surface area contributed by atoms with Crippen molar-refractivity contribution in [3.63, 3.8) is 0 Å². The second-order valence-electron chi connectivity index (χ2n) is 5.36. The standard InChI is InChI=1S/C15H16Cl2N2O4/c16-10-5-4-8(6-11(10)17)14(21)18-7-13(20)19-12-3-1-2-9(12)15(22)23/h4-6,9,12H,1-3,7H2,(H,18,21)(H,19,20)(H,22,23)/t9-,12+/m1/s1. The predicted octanol–water partition coefficient (Wildman–Crippen LogP) is 2.09. The van der Waals surface area contributed by atoms with Crippen molar-refractivity contribution >= 4 is 41.0 Å². The maximum absolute atomic E-state index is 11.9. The number of amides is 2. The zero-order chi connectivity index (χ0) is 17.0. The predicted molar refractivity (Wildman–Crippen MR) is 85.7 cm³/mol. The smallest absolute Gasteiger partial charge is 0.308 e. The first-order chi connectivity index (χ1) is 10.9. The molecule has 0 radical (unpaired) electrons. The van der Waals surface area contributed by atoms with Crippen LogP contribution in [0.2, 0.25) is 10.0 Å². The van der Waals surface area contributed by atoms with Crippen LogP contribution in [-0.2, 0) is 9.59 Å². The van der Waals surface area contributed by atoms with Crippen molar-refractivity contribution in [3.8, 4) is 0 Å². The number of hydrogen-bond donors (Lipinski definition) is 3. The quantitative estimate of drug-likeness (QED) is 0.750. The van der Waals surface area contributed by atoms with E-state index < -0.39 is 23.7 Å². The van der Waals surface area contributed by atoms with E-state index in [9.17, 15) is 14.4 Å². The Morgan fingerprint density at radius 3 is 2.57 bits per heavy atom. The number of carbonyl (C=O) groups is 3. The maximum Gasteiger partial charge on any atom is 0.308 e. The summed E-state index contributed by atoms with van der Waals surface area (Å²) >= 11 is 11.6. The van der Waals surface area contributed by atoms with Crippen molar-refractivity contribution in [1.29, 1.82) is 0 Å². The fourth-order valence-electron chi connectivity index (χ4n) is 2.59. The molecule has 1 aromatic rings. The van der Waals surface area contributed by atoms with Gasteiger partial charge in [0.1, 0.15) is 0 Å². The summed E-state index contributed by atoms with van der Waals surface area (Å²) in [5.41, 5.74) is 0.288. The van der Waals surface area contributed by atoms with Crippen LogP contribution in [0, 0.1) is 5.92 Å². The molecule has 0 spiro atoms. The van der Waals surface area contributed by atoms with E-state index in [1.54, 1.807) is 0 Å². The summed E-state index contributed by atoms with van der Waals surface area (Å²) < 4.78 is 0. The summed E-state index contributed by atoms with van der Waals surface area (Å²) in [6, 6.07) is 4.02. The lowest BCUT2D eigenvalue weighted by molar-refractivity contribution is -0.142. The van der Waals surface area contributed by atoms with Gasteiger partial charge in [0.2, 0.25) is 5.91 Å². The van der Waals surface area contributed by atoms with Gasteiger partial charge in [-0.2, -0.15) is 0 Å². The molecule has 1 aliphatic carbocycles. The summed E-state index contributed by atoms with van der Waals surface area (Å²) in [4.78, 5) is 34.9. The van der Waals surface area contributed by atoms with Gasteiger partial charge in [0.25, 0.3) is 5.91 Å². The first-order valence-electron chi connectivity index (χ1n) is 7.14. The molecule has 2 rings (SSSR count). The largest absolute Gasteiger partial charge is 0.481 e. The molecule has 8 heteroatoms. The number of halogens is 2. The van der Waals surface area contributed by atoms with E-state index >= 15 is 0 Å². The van der Waals surface area contributed by atoms with Gasteiger partial charge in [0.05, 0.1) is 22.5 Å². The third kappa shape index (κ3) is 4.59. The van der Waals surface area contributed by atoms with E-state index in [0.29, 0.717) is 17.9 Å². The number of benzene rings is 1. The SMILES string of the molecule is O=C(CNC(=O)c1ccc(Cl)c(Cl)c1)N[C@H]1CCC[C@H]1C(=O)O. The molecule has 0 unspecified atom stereocenters. The number of rotatable bonds is 5. The first kappa shape index (κ1) is 17.6. The molecular weight excluding hydrogens is 343 g/mol. The molecule has 0 aliphatic heterocycles. The Morgan fingerprint density at radius 1 is 1.17 bits per heavy atom. The van der Waals surface area contributed by atoms with Crippen LogP contribution in [0.5, 0.6) is 0 Å². The van der Waals surface area contributed by atoms with Gasteiger partial charge in [0, 0.05) is 11.6 Å². The van der Waals surface area contributed by atoms with Crippen LogP contribution in [0.1, 0.15) is 29.6 Å². The highest BCUT2D eigenvalue weighted by Gasteiger charge is 2.33. The summed E-state index contributed by atoms with van der Waals surface area (Å²) in [6.45, 7) is -0.234. The minimum Gasteiger partial charge on any atom is -0.481 e. The van der Waals surface area contributed by atoms with Crippen LogP contribution >= 0.6 is 23.2 Å². The molecule has 23 heavy (non-hydrogen) atoms. The third-order valence-corrected chi connectivity index (χ3v) is 4.51. The molecule has 1 fully saturated rings. The van der Waals surface area contributed by atoms with Gasteiger partial charge < -0.3 is 15.7 Å². The Bertz CT molecular complexity index is 636. The van der Waals surface area contributed by atoms with Crippen molar-refractivity contribution < 1.29 is 19.5 Å². The highest BCUT2D eigenvalue weighted by atomic mass is 35.5. The Kier molecular flexibility index (Phi) is 5.85. The van der Waals surface area contributed by atoms with Gasteiger partial charge in [-0.15, -0.1) is 0 Å². The summed E-state index contributed by atoms with van der Waals surface area (Å²) in [7, 11) is 0. The van der Waals surface area contributed by atoms with Crippen LogP contribution in [0.4, 0.5) is 0 Å². The van der Waals surface area contributed by atoms with E-state index in [1.807, 2.05) is 0 Å². The van der Waals surface area contributed by atoms with Gasteiger partial charge in [-0.25, -0.2) is 0 Å². The van der Waals surface area contributed by atoms with Crippen molar-refractivity contribution in [3.05, 3.63) is 33.8 Å². The number of hydrogen-bond acceptors (Lipinski definition) is 3. The summed E-state index contributed by atoms with van der Waals surface area (Å²) in [6.07, 6.45) is 1.94. The molecule has 1 aliphatic rings. The average molecular weight is 359 g/mol. The van der Waals surface area contributed by atoms with Gasteiger partial charge in [-0.1, -0.05) is 29.6 Å². The molecule has 124 valence electrons. The van der Waals surface area contributed by atoms with Crippen LogP contribution < -0.4 is 10.6 Å². The number of nitrogens with one attached hydrogen (secondary N) is 2. The number of carboxylic acids is 1. The second kappa shape index (κ2) is 7.66. The minimum atomic E-state index is -0.910.